The summed E-state index contributed by atoms with van der Waals surface area (Å²) in [4.78, 5) is 8.09. The fourth-order valence-electron chi connectivity index (χ4n) is 3.10. The van der Waals surface area contributed by atoms with Crippen LogP contribution in [0.15, 0.2) is 48.2 Å². The normalized spacial score (nSPS) is 12.5. The number of aromatic amines is 1. The first-order valence-electron chi connectivity index (χ1n) is 8.34. The van der Waals surface area contributed by atoms with Crippen LogP contribution in [-0.4, -0.2) is 9.97 Å². The number of imidazole rings is 1. The Morgan fingerprint density at radius 2 is 1.92 bits per heavy atom. The van der Waals surface area contributed by atoms with Gasteiger partial charge in [-0.05, 0) is 37.6 Å². The molecule has 1 aliphatic heterocycles. The standard InChI is InChI=1S/C21H18FN3/c1-3-18-13(2)23-21(25-18)17-7-5-4-6-16(17)19-11-9-14-8-10-15(22)12-20(14)24-19/h4-10,12,24H,3H2,1-2H3,(H,23,25). The molecule has 2 aromatic carbocycles. The second-order valence-corrected chi connectivity index (χ2v) is 6.08. The van der Waals surface area contributed by atoms with Crippen molar-refractivity contribution in [1.82, 2.24) is 9.97 Å². The minimum Gasteiger partial charge on any atom is -0.348 e. The monoisotopic (exact) mass is 331 g/mol. The van der Waals surface area contributed by atoms with E-state index in [1.807, 2.05) is 37.3 Å². The van der Waals surface area contributed by atoms with Gasteiger partial charge in [0.2, 0.25) is 0 Å². The summed E-state index contributed by atoms with van der Waals surface area (Å²) >= 11 is 0. The minimum atomic E-state index is -0.261. The van der Waals surface area contributed by atoms with E-state index >= 15 is 0 Å². The van der Waals surface area contributed by atoms with Crippen LogP contribution in [-0.2, 0) is 6.42 Å². The first-order valence-corrected chi connectivity index (χ1v) is 8.34. The highest BCUT2D eigenvalue weighted by Gasteiger charge is 2.16. The van der Waals surface area contributed by atoms with Gasteiger partial charge in [-0.25, -0.2) is 9.37 Å². The van der Waals surface area contributed by atoms with Gasteiger partial charge in [-0.1, -0.05) is 36.9 Å². The minimum absolute atomic E-state index is 0.261. The molecule has 25 heavy (non-hydrogen) atoms. The summed E-state index contributed by atoms with van der Waals surface area (Å²) in [6.07, 6.45) is 2.76. The van der Waals surface area contributed by atoms with Crippen molar-refractivity contribution >= 4 is 17.5 Å². The van der Waals surface area contributed by atoms with Gasteiger partial charge < -0.3 is 10.3 Å². The highest BCUT2D eigenvalue weighted by Crippen LogP contribution is 2.32. The molecule has 0 saturated carbocycles. The van der Waals surface area contributed by atoms with Crippen LogP contribution < -0.4 is 5.32 Å². The maximum Gasteiger partial charge on any atom is 0.138 e. The maximum atomic E-state index is 13.6. The van der Waals surface area contributed by atoms with Gasteiger partial charge in [-0.3, -0.25) is 0 Å². The van der Waals surface area contributed by atoms with Crippen LogP contribution in [0.4, 0.5) is 10.1 Å². The molecular weight excluding hydrogens is 313 g/mol. The molecule has 0 spiro atoms. The third-order valence-corrected chi connectivity index (χ3v) is 4.42. The van der Waals surface area contributed by atoms with Crippen molar-refractivity contribution in [2.45, 2.75) is 20.3 Å². The van der Waals surface area contributed by atoms with Gasteiger partial charge in [0.1, 0.15) is 11.6 Å². The third kappa shape index (κ3) is 2.77. The molecule has 3 nitrogen and oxygen atoms in total. The Labute approximate surface area is 145 Å². The molecule has 0 amide bonds. The van der Waals surface area contributed by atoms with E-state index in [9.17, 15) is 4.39 Å². The number of benzene rings is 2. The lowest BCUT2D eigenvalue weighted by molar-refractivity contribution is 0.628. The van der Waals surface area contributed by atoms with Gasteiger partial charge in [0.05, 0.1) is 11.4 Å². The number of aryl methyl sites for hydroxylation is 2. The van der Waals surface area contributed by atoms with Crippen molar-refractivity contribution in [2.24, 2.45) is 0 Å². The van der Waals surface area contributed by atoms with Crippen molar-refractivity contribution in [3.63, 3.8) is 0 Å². The number of nitrogens with zero attached hydrogens (tertiary/aromatic N) is 1. The lowest BCUT2D eigenvalue weighted by atomic mass is 10.0. The number of nitrogens with one attached hydrogen (secondary N) is 2. The molecule has 1 aromatic heterocycles. The van der Waals surface area contributed by atoms with Gasteiger partial charge in [-0.2, -0.15) is 0 Å². The summed E-state index contributed by atoms with van der Waals surface area (Å²) in [5.74, 6) is 0.578. The Kier molecular flexibility index (Phi) is 3.75. The number of hydrogen-bond donors (Lipinski definition) is 2. The second-order valence-electron chi connectivity index (χ2n) is 6.08. The smallest absolute Gasteiger partial charge is 0.138 e. The lowest BCUT2D eigenvalue weighted by Gasteiger charge is -2.17. The summed E-state index contributed by atoms with van der Waals surface area (Å²) in [7, 11) is 0. The van der Waals surface area contributed by atoms with Gasteiger partial charge in [-0.15, -0.1) is 0 Å². The van der Waals surface area contributed by atoms with Gasteiger partial charge >= 0.3 is 0 Å². The van der Waals surface area contributed by atoms with Crippen LogP contribution in [0.2, 0.25) is 0 Å². The average Bonchev–Trinajstić information content (AvgIpc) is 3.02. The van der Waals surface area contributed by atoms with E-state index in [1.165, 1.54) is 12.1 Å². The number of H-pyrrole nitrogens is 1. The van der Waals surface area contributed by atoms with Crippen LogP contribution >= 0.6 is 0 Å². The Bertz CT molecular complexity index is 1020. The molecule has 0 fully saturated rings. The number of rotatable bonds is 3. The van der Waals surface area contributed by atoms with E-state index in [2.05, 4.69) is 23.0 Å². The van der Waals surface area contributed by atoms with Gasteiger partial charge in [0.25, 0.3) is 0 Å². The fourth-order valence-corrected chi connectivity index (χ4v) is 3.10. The zero-order valence-electron chi connectivity index (χ0n) is 14.2. The molecule has 0 aliphatic carbocycles. The van der Waals surface area contributed by atoms with Crippen molar-refractivity contribution in [2.75, 3.05) is 5.32 Å². The molecule has 0 unspecified atom stereocenters. The Morgan fingerprint density at radius 3 is 2.68 bits per heavy atom. The summed E-state index contributed by atoms with van der Waals surface area (Å²) in [6.45, 7) is 4.13. The van der Waals surface area contributed by atoms with Crippen LogP contribution in [0, 0.1) is 12.7 Å². The highest BCUT2D eigenvalue weighted by atomic mass is 19.1. The maximum absolute atomic E-state index is 13.6. The Balaban J connectivity index is 1.81. The molecule has 0 atom stereocenters. The molecule has 1 aliphatic rings. The predicted molar refractivity (Wildman–Crippen MR) is 99.5 cm³/mol. The van der Waals surface area contributed by atoms with Crippen LogP contribution in [0.25, 0.3) is 23.2 Å². The van der Waals surface area contributed by atoms with E-state index in [0.29, 0.717) is 0 Å². The average molecular weight is 331 g/mol. The SMILES string of the molecule is CCc1nc(-c2ccccc2C2=C=Cc3ccc(F)cc3N2)[nH]c1C. The molecule has 4 rings (SSSR count). The number of aromatic nitrogens is 2. The van der Waals surface area contributed by atoms with Gasteiger partial charge in [0, 0.05) is 28.1 Å². The zero-order valence-corrected chi connectivity index (χ0v) is 14.2. The summed E-state index contributed by atoms with van der Waals surface area (Å²) in [5.41, 5.74) is 9.87. The Morgan fingerprint density at radius 1 is 1.12 bits per heavy atom. The van der Waals surface area contributed by atoms with E-state index < -0.39 is 0 Å². The van der Waals surface area contributed by atoms with Gasteiger partial charge in [0.15, 0.2) is 0 Å². The predicted octanol–water partition coefficient (Wildman–Crippen LogP) is 5.17. The van der Waals surface area contributed by atoms with Crippen LogP contribution in [0.1, 0.15) is 29.4 Å². The van der Waals surface area contributed by atoms with E-state index in [4.69, 9.17) is 4.98 Å². The number of halogens is 1. The summed E-state index contributed by atoms with van der Waals surface area (Å²) < 4.78 is 13.6. The van der Waals surface area contributed by atoms with Crippen LogP contribution in [0.3, 0.4) is 0 Å². The molecule has 3 aromatic rings. The largest absolute Gasteiger partial charge is 0.348 e. The molecule has 4 heteroatoms. The Hall–Kier alpha value is -3.10. The lowest BCUT2D eigenvalue weighted by Crippen LogP contribution is -2.04. The highest BCUT2D eigenvalue weighted by molar-refractivity contribution is 5.90. The summed E-state index contributed by atoms with van der Waals surface area (Å²) in [5, 5.41) is 3.29. The third-order valence-electron chi connectivity index (χ3n) is 4.42. The molecule has 2 heterocycles. The first kappa shape index (κ1) is 15.4. The number of fused-ring (bicyclic) bond motifs is 1. The van der Waals surface area contributed by atoms with E-state index in [-0.39, 0.29) is 5.82 Å². The molecule has 0 radical (unpaired) electrons. The van der Waals surface area contributed by atoms with Crippen molar-refractivity contribution < 1.29 is 4.39 Å². The number of hydrogen-bond acceptors (Lipinski definition) is 2. The molecule has 124 valence electrons. The molecule has 0 saturated heterocycles. The molecule has 0 bridgehead atoms. The van der Waals surface area contributed by atoms with E-state index in [1.54, 1.807) is 6.07 Å². The van der Waals surface area contributed by atoms with Crippen molar-refractivity contribution in [3.05, 3.63) is 76.5 Å². The quantitative estimate of drug-likeness (QED) is 0.650. The van der Waals surface area contributed by atoms with Crippen molar-refractivity contribution in [1.29, 1.82) is 0 Å². The zero-order chi connectivity index (χ0) is 17.4. The first-order chi connectivity index (χ1) is 12.2. The van der Waals surface area contributed by atoms with Crippen molar-refractivity contribution in [3.8, 4) is 11.4 Å². The topological polar surface area (TPSA) is 40.7 Å². The van der Waals surface area contributed by atoms with Crippen LogP contribution in [0.5, 0.6) is 0 Å². The molecule has 2 N–H and O–H groups in total. The summed E-state index contributed by atoms with van der Waals surface area (Å²) in [6, 6.07) is 12.7. The van der Waals surface area contributed by atoms with E-state index in [0.717, 1.165) is 51.7 Å². The fraction of sp³-hybridized carbons (Fsp3) is 0.143. The second kappa shape index (κ2) is 6.08. The number of anilines is 1. The molecular formula is C21H18FN3.